The van der Waals surface area contributed by atoms with Crippen molar-refractivity contribution in [3.8, 4) is 0 Å². The predicted octanol–water partition coefficient (Wildman–Crippen LogP) is 8.03. The van der Waals surface area contributed by atoms with Gasteiger partial charge in [-0.05, 0) is 91.5 Å². The van der Waals surface area contributed by atoms with Gasteiger partial charge in [0, 0.05) is 21.4 Å². The number of aliphatic hydroxyl groups is 1. The summed E-state index contributed by atoms with van der Waals surface area (Å²) in [5.74, 6) is 0.122. The Morgan fingerprint density at radius 2 is 1.81 bits per heavy atom. The van der Waals surface area contributed by atoms with Gasteiger partial charge in [-0.2, -0.15) is 11.8 Å². The van der Waals surface area contributed by atoms with Gasteiger partial charge in [0.2, 0.25) is 0 Å². The number of hydrogen-bond acceptors (Lipinski definition) is 4. The van der Waals surface area contributed by atoms with Crippen molar-refractivity contribution in [1.29, 1.82) is 0 Å². The molecule has 1 aromatic heterocycles. The van der Waals surface area contributed by atoms with E-state index in [4.69, 9.17) is 16.6 Å². The molecule has 1 saturated carbocycles. The zero-order valence-electron chi connectivity index (χ0n) is 23.5. The fraction of sp³-hybridized carbons (Fsp3) is 0.314. The van der Waals surface area contributed by atoms with Crippen LogP contribution >= 0.6 is 23.4 Å². The number of halogens is 1. The number of thioether (sulfide) groups is 1. The first-order chi connectivity index (χ1) is 19.6. The van der Waals surface area contributed by atoms with E-state index in [-0.39, 0.29) is 54.8 Å². The molecule has 4 nitrogen and oxygen atoms in total. The topological polar surface area (TPSA) is 70.4 Å². The summed E-state index contributed by atoms with van der Waals surface area (Å²) in [5, 5.41) is 22.1. The monoisotopic (exact) mass is 627 g/mol. The molecule has 0 bridgehead atoms. The van der Waals surface area contributed by atoms with Crippen LogP contribution in [0.15, 0.2) is 78.9 Å². The Labute approximate surface area is 287 Å². The molecule has 0 spiro atoms. The van der Waals surface area contributed by atoms with E-state index in [0.29, 0.717) is 5.02 Å². The number of nitrogens with zero attached hydrogens (tertiary/aromatic N) is 1. The van der Waals surface area contributed by atoms with E-state index in [1.165, 1.54) is 5.56 Å². The fourth-order valence-electron chi connectivity index (χ4n) is 5.36. The van der Waals surface area contributed by atoms with Gasteiger partial charge >= 0.3 is 43.7 Å². The molecular weight excluding hydrogens is 590 g/mol. The first-order valence-electron chi connectivity index (χ1n) is 14.1. The molecule has 1 atom stereocenters. The van der Waals surface area contributed by atoms with Crippen molar-refractivity contribution >= 4 is 90.1 Å². The van der Waals surface area contributed by atoms with E-state index in [2.05, 4.69) is 42.5 Å². The number of benzene rings is 3. The van der Waals surface area contributed by atoms with Crippen molar-refractivity contribution < 1.29 is 15.0 Å². The number of carboxylic acid groups (broad SMARTS) is 1. The number of carbonyl (C=O) groups is 1. The first-order valence-corrected chi connectivity index (χ1v) is 15.5. The second-order valence-electron chi connectivity index (χ2n) is 11.7. The predicted molar refractivity (Wildman–Crippen MR) is 180 cm³/mol. The molecule has 3 aromatic carbocycles. The Bertz CT molecular complexity index is 1580. The van der Waals surface area contributed by atoms with Gasteiger partial charge < -0.3 is 10.2 Å². The van der Waals surface area contributed by atoms with E-state index < -0.39 is 11.6 Å². The summed E-state index contributed by atoms with van der Waals surface area (Å²) in [7, 11) is 0. The molecule has 4 aromatic rings. The number of aryl methyl sites for hydroxylation is 1. The molecule has 0 unspecified atom stereocenters. The minimum atomic E-state index is -0.911. The molecule has 0 radical (unpaired) electrons. The summed E-state index contributed by atoms with van der Waals surface area (Å²) in [5.41, 5.74) is 5.15. The second-order valence-corrected chi connectivity index (χ2v) is 13.3. The third-order valence-electron chi connectivity index (χ3n) is 7.83. The van der Waals surface area contributed by atoms with E-state index in [1.807, 2.05) is 74.1 Å². The van der Waals surface area contributed by atoms with Gasteiger partial charge in [-0.25, -0.2) is 4.98 Å². The molecule has 42 heavy (non-hydrogen) atoms. The second kappa shape index (κ2) is 14.3. The Morgan fingerprint density at radius 3 is 2.55 bits per heavy atom. The fourth-order valence-corrected chi connectivity index (χ4v) is 7.09. The maximum atomic E-state index is 11.5. The van der Waals surface area contributed by atoms with Gasteiger partial charge in [-0.15, -0.1) is 0 Å². The molecule has 216 valence electrons. The van der Waals surface area contributed by atoms with Crippen LogP contribution in [0.1, 0.15) is 72.7 Å². The quantitative estimate of drug-likeness (QED) is 0.156. The van der Waals surface area contributed by atoms with Gasteiger partial charge in [0.1, 0.15) is 0 Å². The van der Waals surface area contributed by atoms with Crippen molar-refractivity contribution in [2.45, 2.75) is 56.8 Å². The Kier molecular flexibility index (Phi) is 11.2. The SMILES string of the molecule is CC(C)(O)c1ccccc1CC[C@@H](SCC1(CC(=O)O)CC1)c1cccc(C=Cc2ccc3ccc(Cl)cc3n2)c1.[CaH2]. The Balaban J connectivity index is 0.00000405. The zero-order chi connectivity index (χ0) is 29.0. The van der Waals surface area contributed by atoms with Gasteiger partial charge in [0.25, 0.3) is 0 Å². The van der Waals surface area contributed by atoms with Crippen LogP contribution in [0.5, 0.6) is 0 Å². The first kappa shape index (κ1) is 33.0. The third kappa shape index (κ3) is 8.84. The third-order valence-corrected chi connectivity index (χ3v) is 9.76. The Morgan fingerprint density at radius 1 is 1.05 bits per heavy atom. The molecular formula is C35H38CaClNO3S. The minimum absolute atomic E-state index is 0. The number of aromatic nitrogens is 1. The van der Waals surface area contributed by atoms with E-state index in [1.54, 1.807) is 0 Å². The summed E-state index contributed by atoms with van der Waals surface area (Å²) < 4.78 is 0. The van der Waals surface area contributed by atoms with Crippen LogP contribution in [0.3, 0.4) is 0 Å². The van der Waals surface area contributed by atoms with Gasteiger partial charge in [0.15, 0.2) is 0 Å². The molecule has 1 heterocycles. The van der Waals surface area contributed by atoms with E-state index in [9.17, 15) is 15.0 Å². The van der Waals surface area contributed by atoms with Crippen LogP contribution in [0.2, 0.25) is 5.02 Å². The Hall–Kier alpha value is -1.86. The standard InChI is InChI=1S/C35H36ClNO3S.Ca.2H/c1-34(2,40)30-9-4-3-7-25(30)13-17-32(41-23-35(18-19-35)22-33(38)39)27-8-5-6-24(20-27)10-15-29-16-12-26-11-14-28(36)21-31(26)37-29;;;/h3-12,14-16,20-21,32,40H,13,17-19,22-23H2,1-2H3,(H,38,39);;;/t32-;;;/m1.../s1. The molecule has 7 heteroatoms. The maximum absolute atomic E-state index is 11.5. The van der Waals surface area contributed by atoms with E-state index in [0.717, 1.165) is 64.7 Å². The van der Waals surface area contributed by atoms with E-state index >= 15 is 0 Å². The number of hydrogen-bond donors (Lipinski definition) is 2. The van der Waals surface area contributed by atoms with Crippen LogP contribution in [0.25, 0.3) is 23.1 Å². The summed E-state index contributed by atoms with van der Waals surface area (Å²) in [6, 6.07) is 26.5. The van der Waals surface area contributed by atoms with Gasteiger partial charge in [0.05, 0.1) is 23.2 Å². The van der Waals surface area contributed by atoms with Crippen LogP contribution in [0, 0.1) is 5.41 Å². The van der Waals surface area contributed by atoms with Crippen molar-refractivity contribution in [2.75, 3.05) is 5.75 Å². The summed E-state index contributed by atoms with van der Waals surface area (Å²) in [4.78, 5) is 16.2. The van der Waals surface area contributed by atoms with Crippen molar-refractivity contribution in [2.24, 2.45) is 5.41 Å². The summed E-state index contributed by atoms with van der Waals surface area (Å²) in [6.07, 6.45) is 8.02. The summed E-state index contributed by atoms with van der Waals surface area (Å²) >= 11 is 8.04. The normalized spacial score (nSPS) is 15.0. The average Bonchev–Trinajstić information content (AvgIpc) is 3.70. The number of aliphatic carboxylic acids is 1. The van der Waals surface area contributed by atoms with Gasteiger partial charge in [-0.1, -0.05) is 78.3 Å². The summed E-state index contributed by atoms with van der Waals surface area (Å²) in [6.45, 7) is 3.66. The molecule has 0 amide bonds. The molecule has 2 N–H and O–H groups in total. The van der Waals surface area contributed by atoms with Crippen LogP contribution < -0.4 is 0 Å². The average molecular weight is 628 g/mol. The van der Waals surface area contributed by atoms with Crippen molar-refractivity contribution in [1.82, 2.24) is 4.98 Å². The zero-order valence-corrected chi connectivity index (χ0v) is 25.1. The van der Waals surface area contributed by atoms with Crippen molar-refractivity contribution in [3.05, 3.63) is 112 Å². The number of fused-ring (bicyclic) bond motifs is 1. The van der Waals surface area contributed by atoms with Crippen molar-refractivity contribution in [3.63, 3.8) is 0 Å². The number of pyridine rings is 1. The molecule has 5 rings (SSSR count). The number of carboxylic acids is 1. The number of rotatable bonds is 12. The molecule has 0 aliphatic heterocycles. The molecule has 0 saturated heterocycles. The van der Waals surface area contributed by atoms with Crippen LogP contribution in [-0.2, 0) is 16.8 Å². The molecule has 1 fully saturated rings. The molecule has 1 aliphatic carbocycles. The van der Waals surface area contributed by atoms with Crippen LogP contribution in [-0.4, -0.2) is 64.7 Å². The molecule has 1 aliphatic rings. The van der Waals surface area contributed by atoms with Crippen LogP contribution in [0.4, 0.5) is 0 Å². The van der Waals surface area contributed by atoms with Gasteiger partial charge in [-0.3, -0.25) is 4.79 Å².